The Kier molecular flexibility index (Phi) is 3.25. The lowest BCUT2D eigenvalue weighted by Crippen LogP contribution is -2.19. The van der Waals surface area contributed by atoms with Crippen molar-refractivity contribution in [3.8, 4) is 6.07 Å². The summed E-state index contributed by atoms with van der Waals surface area (Å²) < 4.78 is 2.10. The molecule has 19 heavy (non-hydrogen) atoms. The molecule has 0 saturated heterocycles. The number of nitriles is 1. The van der Waals surface area contributed by atoms with Crippen LogP contribution in [0, 0.1) is 11.3 Å². The number of aromatic nitrogens is 3. The SMILES string of the molecule is N#Cc1cc(Cn2ccnc2CNC2CC2)ccn1. The summed E-state index contributed by atoms with van der Waals surface area (Å²) in [6.07, 6.45) is 8.01. The van der Waals surface area contributed by atoms with Gasteiger partial charge in [-0.3, -0.25) is 0 Å². The highest BCUT2D eigenvalue weighted by atomic mass is 15.1. The van der Waals surface area contributed by atoms with Crippen molar-refractivity contribution in [2.24, 2.45) is 0 Å². The van der Waals surface area contributed by atoms with E-state index in [1.165, 1.54) is 12.8 Å². The molecule has 0 spiro atoms. The predicted octanol–water partition coefficient (Wildman–Crippen LogP) is 1.45. The monoisotopic (exact) mass is 253 g/mol. The number of imidazole rings is 1. The van der Waals surface area contributed by atoms with Gasteiger partial charge in [-0.25, -0.2) is 9.97 Å². The van der Waals surface area contributed by atoms with Crippen LogP contribution in [0.25, 0.3) is 0 Å². The Morgan fingerprint density at radius 2 is 2.26 bits per heavy atom. The highest BCUT2D eigenvalue weighted by molar-refractivity contribution is 5.25. The van der Waals surface area contributed by atoms with Crippen molar-refractivity contribution in [2.45, 2.75) is 32.0 Å². The first kappa shape index (κ1) is 11.9. The topological polar surface area (TPSA) is 66.5 Å². The van der Waals surface area contributed by atoms with Crippen LogP contribution in [0.3, 0.4) is 0 Å². The molecule has 1 saturated carbocycles. The smallest absolute Gasteiger partial charge is 0.140 e. The van der Waals surface area contributed by atoms with E-state index in [1.54, 1.807) is 6.20 Å². The molecule has 0 bridgehead atoms. The predicted molar refractivity (Wildman–Crippen MR) is 70.1 cm³/mol. The van der Waals surface area contributed by atoms with Crippen LogP contribution in [0.5, 0.6) is 0 Å². The Balaban J connectivity index is 1.71. The molecule has 2 aromatic heterocycles. The third-order valence-corrected chi connectivity index (χ3v) is 3.22. The van der Waals surface area contributed by atoms with Gasteiger partial charge in [-0.05, 0) is 30.5 Å². The van der Waals surface area contributed by atoms with Gasteiger partial charge in [0.25, 0.3) is 0 Å². The zero-order valence-electron chi connectivity index (χ0n) is 10.6. The van der Waals surface area contributed by atoms with Crippen LogP contribution in [0.2, 0.25) is 0 Å². The van der Waals surface area contributed by atoms with Gasteiger partial charge in [-0.1, -0.05) is 0 Å². The molecule has 0 unspecified atom stereocenters. The summed E-state index contributed by atoms with van der Waals surface area (Å²) in [5.41, 5.74) is 1.52. The van der Waals surface area contributed by atoms with Crippen LogP contribution >= 0.6 is 0 Å². The van der Waals surface area contributed by atoms with Gasteiger partial charge in [0.1, 0.15) is 17.6 Å². The Bertz CT molecular complexity index is 606. The number of nitrogens with one attached hydrogen (secondary N) is 1. The van der Waals surface area contributed by atoms with Crippen molar-refractivity contribution < 1.29 is 0 Å². The molecule has 0 amide bonds. The zero-order chi connectivity index (χ0) is 13.1. The van der Waals surface area contributed by atoms with Gasteiger partial charge in [0.2, 0.25) is 0 Å². The molecular formula is C14H15N5. The molecule has 1 N–H and O–H groups in total. The Morgan fingerprint density at radius 1 is 1.37 bits per heavy atom. The fraction of sp³-hybridized carbons (Fsp3) is 0.357. The Hall–Kier alpha value is -2.19. The highest BCUT2D eigenvalue weighted by Gasteiger charge is 2.20. The maximum atomic E-state index is 8.85. The molecule has 0 atom stereocenters. The van der Waals surface area contributed by atoms with Crippen molar-refractivity contribution in [2.75, 3.05) is 0 Å². The maximum Gasteiger partial charge on any atom is 0.140 e. The molecule has 2 heterocycles. The van der Waals surface area contributed by atoms with Crippen LogP contribution in [0.15, 0.2) is 30.7 Å². The Labute approximate surface area is 111 Å². The number of hydrogen-bond acceptors (Lipinski definition) is 4. The minimum Gasteiger partial charge on any atom is -0.329 e. The molecule has 0 radical (unpaired) electrons. The molecule has 96 valence electrons. The van der Waals surface area contributed by atoms with E-state index < -0.39 is 0 Å². The van der Waals surface area contributed by atoms with E-state index in [4.69, 9.17) is 5.26 Å². The lowest BCUT2D eigenvalue weighted by atomic mass is 10.2. The minimum absolute atomic E-state index is 0.454. The van der Waals surface area contributed by atoms with Gasteiger partial charge in [0.15, 0.2) is 0 Å². The molecular weight excluding hydrogens is 238 g/mol. The van der Waals surface area contributed by atoms with Crippen LogP contribution in [0.1, 0.15) is 29.9 Å². The van der Waals surface area contributed by atoms with Crippen LogP contribution in [0.4, 0.5) is 0 Å². The van der Waals surface area contributed by atoms with E-state index >= 15 is 0 Å². The first-order valence-electron chi connectivity index (χ1n) is 6.43. The molecule has 1 aliphatic rings. The lowest BCUT2D eigenvalue weighted by Gasteiger charge is -2.08. The van der Waals surface area contributed by atoms with Gasteiger partial charge >= 0.3 is 0 Å². The highest BCUT2D eigenvalue weighted by Crippen LogP contribution is 2.19. The lowest BCUT2D eigenvalue weighted by molar-refractivity contribution is 0.618. The molecule has 1 fully saturated rings. The standard InChI is InChI=1S/C14H15N5/c15-8-13-7-11(3-4-16-13)10-19-6-5-17-14(19)9-18-12-1-2-12/h3-7,12,18H,1-2,9-10H2. The fourth-order valence-corrected chi connectivity index (χ4v) is 2.00. The summed E-state index contributed by atoms with van der Waals surface area (Å²) in [6.45, 7) is 1.52. The third-order valence-electron chi connectivity index (χ3n) is 3.22. The van der Waals surface area contributed by atoms with Gasteiger partial charge in [0, 0.05) is 31.2 Å². The van der Waals surface area contributed by atoms with E-state index in [1.807, 2.05) is 24.5 Å². The molecule has 3 rings (SSSR count). The van der Waals surface area contributed by atoms with E-state index in [2.05, 4.69) is 25.9 Å². The third kappa shape index (κ3) is 2.98. The summed E-state index contributed by atoms with van der Waals surface area (Å²) in [6, 6.07) is 6.49. The number of pyridine rings is 1. The van der Waals surface area contributed by atoms with Gasteiger partial charge in [-0.2, -0.15) is 5.26 Å². The first-order valence-corrected chi connectivity index (χ1v) is 6.43. The van der Waals surface area contributed by atoms with E-state index in [0.29, 0.717) is 11.7 Å². The van der Waals surface area contributed by atoms with Crippen molar-refractivity contribution in [3.63, 3.8) is 0 Å². The maximum absolute atomic E-state index is 8.85. The van der Waals surface area contributed by atoms with Crippen molar-refractivity contribution in [1.82, 2.24) is 19.9 Å². The zero-order valence-corrected chi connectivity index (χ0v) is 10.6. The number of nitrogens with zero attached hydrogens (tertiary/aromatic N) is 4. The van der Waals surface area contributed by atoms with Gasteiger partial charge < -0.3 is 9.88 Å². The van der Waals surface area contributed by atoms with Crippen molar-refractivity contribution in [1.29, 1.82) is 5.26 Å². The number of hydrogen-bond donors (Lipinski definition) is 1. The van der Waals surface area contributed by atoms with Crippen LogP contribution in [-0.2, 0) is 13.1 Å². The first-order chi connectivity index (χ1) is 9.35. The normalized spacial score (nSPS) is 14.3. The Morgan fingerprint density at radius 3 is 3.05 bits per heavy atom. The van der Waals surface area contributed by atoms with Crippen molar-refractivity contribution >= 4 is 0 Å². The second-order valence-corrected chi connectivity index (χ2v) is 4.79. The molecule has 2 aromatic rings. The summed E-state index contributed by atoms with van der Waals surface area (Å²) in [5.74, 6) is 1.03. The average Bonchev–Trinajstić information content (AvgIpc) is 3.17. The summed E-state index contributed by atoms with van der Waals surface area (Å²) >= 11 is 0. The molecule has 0 aliphatic heterocycles. The van der Waals surface area contributed by atoms with Gasteiger partial charge in [0.05, 0.1) is 6.54 Å². The number of rotatable bonds is 5. The summed E-state index contributed by atoms with van der Waals surface area (Å²) in [7, 11) is 0. The molecule has 0 aromatic carbocycles. The summed E-state index contributed by atoms with van der Waals surface area (Å²) in [4.78, 5) is 8.35. The average molecular weight is 253 g/mol. The second kappa shape index (κ2) is 5.21. The van der Waals surface area contributed by atoms with E-state index in [9.17, 15) is 0 Å². The molecule has 1 aliphatic carbocycles. The minimum atomic E-state index is 0.454. The van der Waals surface area contributed by atoms with Crippen LogP contribution in [-0.4, -0.2) is 20.6 Å². The van der Waals surface area contributed by atoms with E-state index in [-0.39, 0.29) is 0 Å². The van der Waals surface area contributed by atoms with Crippen LogP contribution < -0.4 is 5.32 Å². The van der Waals surface area contributed by atoms with Gasteiger partial charge in [-0.15, -0.1) is 0 Å². The molecule has 5 nitrogen and oxygen atoms in total. The fourth-order valence-electron chi connectivity index (χ4n) is 2.00. The summed E-state index contributed by atoms with van der Waals surface area (Å²) in [5, 5.41) is 12.3. The molecule has 5 heteroatoms. The second-order valence-electron chi connectivity index (χ2n) is 4.79. The van der Waals surface area contributed by atoms with Crippen molar-refractivity contribution in [3.05, 3.63) is 47.8 Å². The largest absolute Gasteiger partial charge is 0.329 e. The van der Waals surface area contributed by atoms with E-state index in [0.717, 1.165) is 24.5 Å². The quantitative estimate of drug-likeness (QED) is 0.875.